The normalized spacial score (nSPS) is 16.5. The first-order valence-corrected chi connectivity index (χ1v) is 7.12. The first-order valence-electron chi connectivity index (χ1n) is 7.12. The van der Waals surface area contributed by atoms with E-state index in [1.54, 1.807) is 12.3 Å². The number of hydrogen-bond donors (Lipinski definition) is 0. The SMILES string of the molecule is COC(=O)c1ccc(N2CCN(CC(C)C)CC2)nc1. The minimum Gasteiger partial charge on any atom is -0.465 e. The fourth-order valence-corrected chi connectivity index (χ4v) is 2.49. The Kier molecular flexibility index (Phi) is 4.95. The number of ether oxygens (including phenoxy) is 1. The van der Waals surface area contributed by atoms with Crippen LogP contribution in [0.1, 0.15) is 24.2 Å². The Labute approximate surface area is 120 Å². The van der Waals surface area contributed by atoms with Crippen LogP contribution in [0.5, 0.6) is 0 Å². The van der Waals surface area contributed by atoms with Gasteiger partial charge >= 0.3 is 5.97 Å². The van der Waals surface area contributed by atoms with E-state index in [1.165, 1.54) is 7.11 Å². The van der Waals surface area contributed by atoms with E-state index in [2.05, 4.69) is 33.4 Å². The predicted octanol–water partition coefficient (Wildman–Crippen LogP) is 1.65. The maximum atomic E-state index is 11.4. The van der Waals surface area contributed by atoms with E-state index in [0.717, 1.165) is 38.5 Å². The molecule has 5 nitrogen and oxygen atoms in total. The number of methoxy groups -OCH3 is 1. The Balaban J connectivity index is 1.92. The summed E-state index contributed by atoms with van der Waals surface area (Å²) in [6, 6.07) is 3.67. The second-order valence-electron chi connectivity index (χ2n) is 5.58. The van der Waals surface area contributed by atoms with Gasteiger partial charge < -0.3 is 9.64 Å². The second-order valence-corrected chi connectivity index (χ2v) is 5.58. The summed E-state index contributed by atoms with van der Waals surface area (Å²) in [7, 11) is 1.38. The molecule has 0 aromatic carbocycles. The van der Waals surface area contributed by atoms with Gasteiger partial charge in [-0.05, 0) is 18.1 Å². The minimum atomic E-state index is -0.342. The number of carbonyl (C=O) groups is 1. The Bertz CT molecular complexity index is 437. The fraction of sp³-hybridized carbons (Fsp3) is 0.600. The molecule has 110 valence electrons. The first-order chi connectivity index (χ1) is 9.60. The molecule has 5 heteroatoms. The molecule has 0 unspecified atom stereocenters. The summed E-state index contributed by atoms with van der Waals surface area (Å²) < 4.78 is 4.67. The molecular formula is C15H23N3O2. The number of pyridine rings is 1. The molecule has 0 aliphatic carbocycles. The third kappa shape index (κ3) is 3.70. The lowest BCUT2D eigenvalue weighted by atomic mass is 10.2. The first kappa shape index (κ1) is 14.8. The van der Waals surface area contributed by atoms with Gasteiger partial charge in [-0.15, -0.1) is 0 Å². The number of rotatable bonds is 4. The van der Waals surface area contributed by atoms with Crippen molar-refractivity contribution < 1.29 is 9.53 Å². The highest BCUT2D eigenvalue weighted by atomic mass is 16.5. The number of aromatic nitrogens is 1. The Hall–Kier alpha value is -1.62. The van der Waals surface area contributed by atoms with Gasteiger partial charge in [0.25, 0.3) is 0 Å². The van der Waals surface area contributed by atoms with Crippen LogP contribution in [0.15, 0.2) is 18.3 Å². The summed E-state index contributed by atoms with van der Waals surface area (Å²) in [6.07, 6.45) is 1.58. The third-order valence-electron chi connectivity index (χ3n) is 3.49. The molecule has 1 aliphatic heterocycles. The molecule has 20 heavy (non-hydrogen) atoms. The van der Waals surface area contributed by atoms with Gasteiger partial charge in [-0.3, -0.25) is 4.90 Å². The van der Waals surface area contributed by atoms with Crippen molar-refractivity contribution in [2.45, 2.75) is 13.8 Å². The summed E-state index contributed by atoms with van der Waals surface area (Å²) in [6.45, 7) is 9.76. The van der Waals surface area contributed by atoms with Crippen LogP contribution in [-0.2, 0) is 4.74 Å². The Morgan fingerprint density at radius 2 is 2.00 bits per heavy atom. The average Bonchev–Trinajstić information content (AvgIpc) is 2.47. The molecule has 0 radical (unpaired) electrons. The van der Waals surface area contributed by atoms with Gasteiger partial charge in [0.2, 0.25) is 0 Å². The van der Waals surface area contributed by atoms with E-state index in [-0.39, 0.29) is 5.97 Å². The van der Waals surface area contributed by atoms with Gasteiger partial charge in [0.05, 0.1) is 12.7 Å². The van der Waals surface area contributed by atoms with Crippen LogP contribution < -0.4 is 4.90 Å². The van der Waals surface area contributed by atoms with Crippen LogP contribution in [0.2, 0.25) is 0 Å². The Morgan fingerprint density at radius 3 is 2.50 bits per heavy atom. The van der Waals surface area contributed by atoms with Gasteiger partial charge in [-0.25, -0.2) is 9.78 Å². The highest BCUT2D eigenvalue weighted by molar-refractivity contribution is 5.89. The van der Waals surface area contributed by atoms with Gasteiger partial charge in [-0.1, -0.05) is 13.8 Å². The van der Waals surface area contributed by atoms with Crippen molar-refractivity contribution in [3.05, 3.63) is 23.9 Å². The lowest BCUT2D eigenvalue weighted by molar-refractivity contribution is 0.0600. The summed E-state index contributed by atoms with van der Waals surface area (Å²) in [5, 5.41) is 0. The minimum absolute atomic E-state index is 0.342. The molecule has 1 aliphatic rings. The summed E-state index contributed by atoms with van der Waals surface area (Å²) in [4.78, 5) is 20.5. The number of hydrogen-bond acceptors (Lipinski definition) is 5. The number of esters is 1. The van der Waals surface area contributed by atoms with E-state index in [4.69, 9.17) is 0 Å². The van der Waals surface area contributed by atoms with Gasteiger partial charge in [0, 0.05) is 38.9 Å². The van der Waals surface area contributed by atoms with Crippen molar-refractivity contribution in [2.75, 3.05) is 44.7 Å². The smallest absolute Gasteiger partial charge is 0.339 e. The third-order valence-corrected chi connectivity index (χ3v) is 3.49. The molecule has 0 amide bonds. The van der Waals surface area contributed by atoms with Crippen LogP contribution in [-0.4, -0.2) is 55.7 Å². The van der Waals surface area contributed by atoms with Crippen LogP contribution >= 0.6 is 0 Å². The molecule has 0 atom stereocenters. The van der Waals surface area contributed by atoms with Crippen LogP contribution in [0.4, 0.5) is 5.82 Å². The average molecular weight is 277 g/mol. The molecule has 1 aromatic rings. The summed E-state index contributed by atoms with van der Waals surface area (Å²) in [5.41, 5.74) is 0.495. The predicted molar refractivity (Wildman–Crippen MR) is 79.1 cm³/mol. The highest BCUT2D eigenvalue weighted by Crippen LogP contribution is 2.15. The quantitative estimate of drug-likeness (QED) is 0.783. The largest absolute Gasteiger partial charge is 0.465 e. The van der Waals surface area contributed by atoms with E-state index < -0.39 is 0 Å². The maximum Gasteiger partial charge on any atom is 0.339 e. The lowest BCUT2D eigenvalue weighted by Crippen LogP contribution is -2.47. The topological polar surface area (TPSA) is 45.7 Å². The lowest BCUT2D eigenvalue weighted by Gasteiger charge is -2.36. The number of piperazine rings is 1. The van der Waals surface area contributed by atoms with Crippen molar-refractivity contribution in [1.82, 2.24) is 9.88 Å². The monoisotopic (exact) mass is 277 g/mol. The van der Waals surface area contributed by atoms with Crippen molar-refractivity contribution in [1.29, 1.82) is 0 Å². The highest BCUT2D eigenvalue weighted by Gasteiger charge is 2.18. The van der Waals surface area contributed by atoms with E-state index in [9.17, 15) is 4.79 Å². The maximum absolute atomic E-state index is 11.4. The molecule has 1 saturated heterocycles. The van der Waals surface area contributed by atoms with Gasteiger partial charge in [-0.2, -0.15) is 0 Å². The van der Waals surface area contributed by atoms with Crippen molar-refractivity contribution in [3.8, 4) is 0 Å². The number of nitrogens with zero attached hydrogens (tertiary/aromatic N) is 3. The zero-order valence-corrected chi connectivity index (χ0v) is 12.5. The molecule has 1 aromatic heterocycles. The van der Waals surface area contributed by atoms with Crippen LogP contribution in [0.25, 0.3) is 0 Å². The van der Waals surface area contributed by atoms with Crippen molar-refractivity contribution >= 4 is 11.8 Å². The Morgan fingerprint density at radius 1 is 1.30 bits per heavy atom. The fourth-order valence-electron chi connectivity index (χ4n) is 2.49. The van der Waals surface area contributed by atoms with Crippen molar-refractivity contribution in [3.63, 3.8) is 0 Å². The summed E-state index contributed by atoms with van der Waals surface area (Å²) in [5.74, 6) is 1.30. The zero-order chi connectivity index (χ0) is 14.5. The van der Waals surface area contributed by atoms with E-state index in [0.29, 0.717) is 11.5 Å². The standard InChI is InChI=1S/C15H23N3O2/c1-12(2)11-17-6-8-18(9-7-17)14-5-4-13(10-16-14)15(19)20-3/h4-5,10,12H,6-9,11H2,1-3H3. The molecule has 0 saturated carbocycles. The summed E-state index contributed by atoms with van der Waals surface area (Å²) >= 11 is 0. The molecule has 2 rings (SSSR count). The van der Waals surface area contributed by atoms with Gasteiger partial charge in [0.15, 0.2) is 0 Å². The molecule has 0 bridgehead atoms. The number of carbonyl (C=O) groups excluding carboxylic acids is 1. The van der Waals surface area contributed by atoms with Crippen molar-refractivity contribution in [2.24, 2.45) is 5.92 Å². The molecule has 0 N–H and O–H groups in total. The molecule has 0 spiro atoms. The van der Waals surface area contributed by atoms with Crippen LogP contribution in [0, 0.1) is 5.92 Å². The molecular weight excluding hydrogens is 254 g/mol. The molecule has 2 heterocycles. The molecule has 1 fully saturated rings. The van der Waals surface area contributed by atoms with E-state index in [1.807, 2.05) is 6.07 Å². The van der Waals surface area contributed by atoms with Gasteiger partial charge in [0.1, 0.15) is 5.82 Å². The second kappa shape index (κ2) is 6.70. The van der Waals surface area contributed by atoms with E-state index >= 15 is 0 Å². The zero-order valence-electron chi connectivity index (χ0n) is 12.5. The van der Waals surface area contributed by atoms with Crippen LogP contribution in [0.3, 0.4) is 0 Å². The number of anilines is 1.